The summed E-state index contributed by atoms with van der Waals surface area (Å²) in [6, 6.07) is 0.377. The van der Waals surface area contributed by atoms with Crippen LogP contribution in [0.3, 0.4) is 0 Å². The van der Waals surface area contributed by atoms with Gasteiger partial charge in [-0.1, -0.05) is 32.9 Å². The fourth-order valence-corrected chi connectivity index (χ4v) is 1.75. The summed E-state index contributed by atoms with van der Waals surface area (Å²) >= 11 is 0. The van der Waals surface area contributed by atoms with Gasteiger partial charge in [0.15, 0.2) is 0 Å². The molecule has 0 bridgehead atoms. The van der Waals surface area contributed by atoms with Gasteiger partial charge in [-0.3, -0.25) is 0 Å². The number of amidine groups is 1. The first-order valence-electron chi connectivity index (χ1n) is 6.55. The summed E-state index contributed by atoms with van der Waals surface area (Å²) in [5, 5.41) is 15.3. The second kappa shape index (κ2) is 8.32. The van der Waals surface area contributed by atoms with Crippen molar-refractivity contribution in [1.82, 2.24) is 5.32 Å². The van der Waals surface area contributed by atoms with E-state index >= 15 is 0 Å². The largest absolute Gasteiger partial charge is 0.409 e. The van der Waals surface area contributed by atoms with Crippen LogP contribution >= 0.6 is 0 Å². The highest BCUT2D eigenvalue weighted by atomic mass is 16.5. The van der Waals surface area contributed by atoms with Gasteiger partial charge in [0.1, 0.15) is 5.84 Å². The van der Waals surface area contributed by atoms with Crippen molar-refractivity contribution in [3.05, 3.63) is 0 Å². The maximum atomic E-state index is 8.69. The van der Waals surface area contributed by atoms with Crippen LogP contribution in [-0.4, -0.2) is 37.3 Å². The Labute approximate surface area is 111 Å². The average Bonchev–Trinajstić information content (AvgIpc) is 2.31. The lowest BCUT2D eigenvalue weighted by Gasteiger charge is -2.25. The van der Waals surface area contributed by atoms with Gasteiger partial charge < -0.3 is 21.0 Å². The number of rotatable bonds is 9. The van der Waals surface area contributed by atoms with Crippen LogP contribution in [0, 0.1) is 11.3 Å². The van der Waals surface area contributed by atoms with E-state index in [0.717, 1.165) is 26.0 Å². The molecule has 18 heavy (non-hydrogen) atoms. The molecule has 0 rings (SSSR count). The summed E-state index contributed by atoms with van der Waals surface area (Å²) in [6.45, 7) is 9.96. The van der Waals surface area contributed by atoms with Gasteiger partial charge in [0, 0.05) is 18.6 Å². The topological polar surface area (TPSA) is 79.9 Å². The summed E-state index contributed by atoms with van der Waals surface area (Å²) in [6.07, 6.45) is 1.86. The molecular weight excluding hydrogens is 230 g/mol. The number of methoxy groups -OCH3 is 1. The van der Waals surface area contributed by atoms with Crippen LogP contribution in [0.15, 0.2) is 5.16 Å². The second-order valence-corrected chi connectivity index (χ2v) is 5.73. The summed E-state index contributed by atoms with van der Waals surface area (Å²) in [7, 11) is 1.72. The van der Waals surface area contributed by atoms with Gasteiger partial charge in [0.25, 0.3) is 0 Å². The molecule has 5 heteroatoms. The smallest absolute Gasteiger partial charge is 0.144 e. The van der Waals surface area contributed by atoms with Crippen LogP contribution < -0.4 is 11.1 Å². The third kappa shape index (κ3) is 6.21. The molecule has 0 aliphatic heterocycles. The minimum Gasteiger partial charge on any atom is -0.409 e. The molecule has 0 saturated heterocycles. The quantitative estimate of drug-likeness (QED) is 0.194. The molecule has 5 nitrogen and oxygen atoms in total. The van der Waals surface area contributed by atoms with Crippen LogP contribution in [0.25, 0.3) is 0 Å². The zero-order valence-corrected chi connectivity index (χ0v) is 12.4. The maximum absolute atomic E-state index is 8.69. The molecule has 1 unspecified atom stereocenters. The van der Waals surface area contributed by atoms with Crippen molar-refractivity contribution in [2.75, 3.05) is 20.3 Å². The van der Waals surface area contributed by atoms with E-state index in [1.807, 2.05) is 13.8 Å². The normalized spacial score (nSPS) is 15.1. The van der Waals surface area contributed by atoms with Crippen molar-refractivity contribution in [2.45, 2.75) is 46.6 Å². The Hall–Kier alpha value is -0.810. The maximum Gasteiger partial charge on any atom is 0.144 e. The van der Waals surface area contributed by atoms with Gasteiger partial charge in [0.05, 0.1) is 6.61 Å². The third-order valence-corrected chi connectivity index (χ3v) is 3.34. The van der Waals surface area contributed by atoms with Gasteiger partial charge >= 0.3 is 0 Å². The molecule has 0 saturated carbocycles. The Morgan fingerprint density at radius 1 is 1.44 bits per heavy atom. The second-order valence-electron chi connectivity index (χ2n) is 5.73. The molecule has 1 atom stereocenters. The third-order valence-electron chi connectivity index (χ3n) is 3.34. The number of nitrogens with one attached hydrogen (secondary N) is 1. The van der Waals surface area contributed by atoms with E-state index in [4.69, 9.17) is 15.7 Å². The van der Waals surface area contributed by atoms with Gasteiger partial charge in [-0.2, -0.15) is 0 Å². The molecule has 0 aliphatic carbocycles. The highest BCUT2D eigenvalue weighted by Gasteiger charge is 2.23. The average molecular weight is 259 g/mol. The first-order valence-corrected chi connectivity index (χ1v) is 6.55. The van der Waals surface area contributed by atoms with E-state index in [1.54, 1.807) is 7.11 Å². The number of ether oxygens (including phenoxy) is 1. The zero-order chi connectivity index (χ0) is 14.2. The van der Waals surface area contributed by atoms with Gasteiger partial charge in [0.2, 0.25) is 0 Å². The van der Waals surface area contributed by atoms with Crippen molar-refractivity contribution in [2.24, 2.45) is 22.2 Å². The van der Waals surface area contributed by atoms with Crippen molar-refractivity contribution in [1.29, 1.82) is 0 Å². The highest BCUT2D eigenvalue weighted by molar-refractivity contribution is 5.85. The number of hydrogen-bond acceptors (Lipinski definition) is 4. The molecule has 0 fully saturated rings. The van der Waals surface area contributed by atoms with Crippen molar-refractivity contribution in [3.63, 3.8) is 0 Å². The molecule has 0 heterocycles. The van der Waals surface area contributed by atoms with E-state index in [1.165, 1.54) is 0 Å². The van der Waals surface area contributed by atoms with Crippen LogP contribution in [0.4, 0.5) is 0 Å². The Morgan fingerprint density at radius 3 is 2.50 bits per heavy atom. The van der Waals surface area contributed by atoms with Crippen molar-refractivity contribution in [3.8, 4) is 0 Å². The van der Waals surface area contributed by atoms with E-state index in [2.05, 4.69) is 24.3 Å². The molecule has 0 aromatic heterocycles. The Kier molecular flexibility index (Phi) is 7.95. The van der Waals surface area contributed by atoms with Gasteiger partial charge in [-0.15, -0.1) is 0 Å². The number of hydrogen-bond donors (Lipinski definition) is 3. The Bertz CT molecular complexity index is 253. The molecular formula is C13H29N3O2. The van der Waals surface area contributed by atoms with Crippen LogP contribution in [0.2, 0.25) is 0 Å². The lowest BCUT2D eigenvalue weighted by molar-refractivity contribution is 0.146. The fourth-order valence-electron chi connectivity index (χ4n) is 1.75. The minimum absolute atomic E-state index is 0.259. The lowest BCUT2D eigenvalue weighted by atomic mass is 9.86. The fraction of sp³-hybridized carbons (Fsp3) is 0.923. The molecule has 0 aromatic carbocycles. The van der Waals surface area contributed by atoms with E-state index < -0.39 is 0 Å². The van der Waals surface area contributed by atoms with Crippen molar-refractivity contribution >= 4 is 5.84 Å². The van der Waals surface area contributed by atoms with Gasteiger partial charge in [-0.25, -0.2) is 0 Å². The number of nitrogens with zero attached hydrogens (tertiary/aromatic N) is 1. The summed E-state index contributed by atoms with van der Waals surface area (Å²) in [5.41, 5.74) is 5.39. The molecule has 0 aromatic rings. The van der Waals surface area contributed by atoms with Crippen molar-refractivity contribution < 1.29 is 9.94 Å². The number of oxime groups is 1. The molecule has 0 aliphatic rings. The van der Waals surface area contributed by atoms with E-state index in [9.17, 15) is 0 Å². The first-order chi connectivity index (χ1) is 8.35. The van der Waals surface area contributed by atoms with Crippen LogP contribution in [0.5, 0.6) is 0 Å². The van der Waals surface area contributed by atoms with Crippen LogP contribution in [0.1, 0.15) is 40.5 Å². The molecule has 0 radical (unpaired) electrons. The predicted octanol–water partition coefficient (Wildman–Crippen LogP) is 1.80. The summed E-state index contributed by atoms with van der Waals surface area (Å²) in [4.78, 5) is 0. The monoisotopic (exact) mass is 259 g/mol. The van der Waals surface area contributed by atoms with E-state index in [-0.39, 0.29) is 5.41 Å². The Balaban J connectivity index is 3.98. The Morgan fingerprint density at radius 2 is 2.06 bits per heavy atom. The SMILES string of the molecule is COCC(NCCCC(C)(C)C(N)=NO)C(C)C. The molecule has 108 valence electrons. The standard InChI is InChI=1S/C13H29N3O2/c1-10(2)11(9-18-5)15-8-6-7-13(3,4)12(14)16-17/h10-11,15,17H,6-9H2,1-5H3,(H2,14,16). The summed E-state index contributed by atoms with van der Waals surface area (Å²) < 4.78 is 5.18. The molecule has 0 spiro atoms. The molecule has 0 amide bonds. The molecule has 4 N–H and O–H groups in total. The minimum atomic E-state index is -0.259. The highest BCUT2D eigenvalue weighted by Crippen LogP contribution is 2.22. The summed E-state index contributed by atoms with van der Waals surface area (Å²) in [5.74, 6) is 0.835. The lowest BCUT2D eigenvalue weighted by Crippen LogP contribution is -2.39. The number of nitrogens with two attached hydrogens (primary N) is 1. The van der Waals surface area contributed by atoms with Gasteiger partial charge in [-0.05, 0) is 25.3 Å². The zero-order valence-electron chi connectivity index (χ0n) is 12.4. The van der Waals surface area contributed by atoms with E-state index in [0.29, 0.717) is 17.8 Å². The predicted molar refractivity (Wildman–Crippen MR) is 74.9 cm³/mol. The first kappa shape index (κ1) is 17.2. The van der Waals surface area contributed by atoms with Crippen LogP contribution in [-0.2, 0) is 4.74 Å².